The first-order valence-electron chi connectivity index (χ1n) is 16.0. The van der Waals surface area contributed by atoms with Crippen LogP contribution in [0.1, 0.15) is 69.3 Å². The Bertz CT molecular complexity index is 1660. The standard InChI is InChI=1S/C34H42F4N6O3S/c1-5-18(3)26(29(39)48)42-31(46)33(15-14-25-23(16-33)22-8-7-9-24(28(22)41-25)34(36,37)38)44-30(45)27(19(4)6-2)43-32(47)40-17-20-10-12-21(35)13-11-20/h7-13,18-19,26-27,41H,5-6,14-17H2,1-4H3,(H2,39,48)(H,42,46)(H,44,45)(H2,40,43,47)/t18-,19?,26?,27-,33?/m0/s1. The van der Waals surface area contributed by atoms with Crippen LogP contribution in [0.25, 0.3) is 10.9 Å². The number of aromatic amines is 1. The van der Waals surface area contributed by atoms with E-state index in [1.807, 2.05) is 20.8 Å². The zero-order chi connectivity index (χ0) is 35.4. The van der Waals surface area contributed by atoms with Crippen molar-refractivity contribution in [1.82, 2.24) is 26.3 Å². The van der Waals surface area contributed by atoms with Crippen LogP contribution in [0.5, 0.6) is 0 Å². The molecule has 0 spiro atoms. The van der Waals surface area contributed by atoms with Crippen LogP contribution in [0.4, 0.5) is 22.4 Å². The lowest BCUT2D eigenvalue weighted by atomic mass is 9.78. The lowest BCUT2D eigenvalue weighted by Gasteiger charge is -2.40. The molecule has 0 saturated carbocycles. The number of fused-ring (bicyclic) bond motifs is 3. The third-order valence-electron chi connectivity index (χ3n) is 9.37. The van der Waals surface area contributed by atoms with Crippen molar-refractivity contribution < 1.29 is 31.9 Å². The number of hydrogen-bond acceptors (Lipinski definition) is 4. The predicted molar refractivity (Wildman–Crippen MR) is 179 cm³/mol. The number of nitrogens with one attached hydrogen (secondary N) is 5. The molecule has 4 rings (SSSR count). The van der Waals surface area contributed by atoms with Crippen LogP contribution >= 0.6 is 12.2 Å². The van der Waals surface area contributed by atoms with Gasteiger partial charge in [-0.25, -0.2) is 9.18 Å². The molecule has 0 saturated heterocycles. The number of nitrogens with two attached hydrogens (primary N) is 1. The molecule has 1 aromatic heterocycles. The number of amides is 4. The van der Waals surface area contributed by atoms with Gasteiger partial charge in [-0.3, -0.25) is 9.59 Å². The average Bonchev–Trinajstić information content (AvgIpc) is 3.41. The van der Waals surface area contributed by atoms with E-state index >= 15 is 0 Å². The number of benzene rings is 2. The molecule has 1 heterocycles. The monoisotopic (exact) mass is 690 g/mol. The minimum Gasteiger partial charge on any atom is -0.392 e. The van der Waals surface area contributed by atoms with Gasteiger partial charge >= 0.3 is 12.2 Å². The number of carbonyl (C=O) groups is 3. The van der Waals surface area contributed by atoms with E-state index in [0.29, 0.717) is 35.0 Å². The second-order valence-corrected chi connectivity index (χ2v) is 13.1. The van der Waals surface area contributed by atoms with Crippen LogP contribution in [0.2, 0.25) is 0 Å². The Kier molecular flexibility index (Phi) is 11.4. The van der Waals surface area contributed by atoms with E-state index in [1.165, 1.54) is 30.3 Å². The number of aromatic nitrogens is 1. The maximum Gasteiger partial charge on any atom is 0.418 e. The number of H-pyrrole nitrogens is 1. The first-order valence-corrected chi connectivity index (χ1v) is 16.4. The summed E-state index contributed by atoms with van der Waals surface area (Å²) in [6, 6.07) is 7.03. The molecule has 5 atom stereocenters. The van der Waals surface area contributed by atoms with E-state index in [1.54, 1.807) is 13.0 Å². The molecule has 48 heavy (non-hydrogen) atoms. The minimum absolute atomic E-state index is 0.0558. The molecule has 7 N–H and O–H groups in total. The topological polar surface area (TPSA) is 141 Å². The van der Waals surface area contributed by atoms with Gasteiger partial charge < -0.3 is 32.0 Å². The summed E-state index contributed by atoms with van der Waals surface area (Å²) in [6.45, 7) is 7.49. The summed E-state index contributed by atoms with van der Waals surface area (Å²) in [5.74, 6) is -2.13. The fraction of sp³-hybridized carbons (Fsp3) is 0.471. The van der Waals surface area contributed by atoms with Crippen molar-refractivity contribution in [2.75, 3.05) is 0 Å². The molecule has 0 fully saturated rings. The Balaban J connectivity index is 1.68. The highest BCUT2D eigenvalue weighted by Crippen LogP contribution is 2.40. The molecule has 1 aliphatic rings. The molecule has 2 aromatic carbocycles. The van der Waals surface area contributed by atoms with Crippen LogP contribution in [0.15, 0.2) is 42.5 Å². The Morgan fingerprint density at radius 3 is 2.25 bits per heavy atom. The highest BCUT2D eigenvalue weighted by Gasteiger charge is 2.47. The maximum atomic E-state index is 14.3. The van der Waals surface area contributed by atoms with Crippen molar-refractivity contribution in [3.8, 4) is 0 Å². The minimum atomic E-state index is -4.61. The Morgan fingerprint density at radius 2 is 1.65 bits per heavy atom. The van der Waals surface area contributed by atoms with Crippen molar-refractivity contribution in [1.29, 1.82) is 0 Å². The molecule has 260 valence electrons. The van der Waals surface area contributed by atoms with Crippen LogP contribution in [-0.4, -0.2) is 45.4 Å². The van der Waals surface area contributed by atoms with Crippen LogP contribution in [-0.2, 0) is 35.2 Å². The number of aryl methyl sites for hydroxylation is 1. The predicted octanol–water partition coefficient (Wildman–Crippen LogP) is 5.40. The SMILES string of the molecule is CCC(C)[C@H](NC(=O)NCc1ccc(F)cc1)C(=O)NC1(C(=O)NC(C(N)=S)[C@@H](C)CC)CCc2[nH]c3c(C(F)(F)F)cccc3c2C1. The Hall–Kier alpha value is -4.20. The van der Waals surface area contributed by atoms with E-state index < -0.39 is 53.0 Å². The maximum absolute atomic E-state index is 14.3. The molecule has 3 unspecified atom stereocenters. The average molecular weight is 691 g/mol. The lowest BCUT2D eigenvalue weighted by Crippen LogP contribution is -2.67. The van der Waals surface area contributed by atoms with Crippen molar-refractivity contribution >= 4 is 46.0 Å². The number of rotatable bonds is 12. The van der Waals surface area contributed by atoms with Gasteiger partial charge in [-0.15, -0.1) is 0 Å². The summed E-state index contributed by atoms with van der Waals surface area (Å²) in [5.41, 5.74) is 5.16. The normalized spacial score (nSPS) is 18.6. The number of alkyl halides is 3. The Morgan fingerprint density at radius 1 is 1.00 bits per heavy atom. The van der Waals surface area contributed by atoms with Gasteiger partial charge in [0, 0.05) is 24.0 Å². The molecule has 3 aromatic rings. The second kappa shape index (κ2) is 14.9. The number of thiocarbonyl (C=S) groups is 1. The number of halogens is 4. The molecule has 9 nitrogen and oxygen atoms in total. The molecule has 1 aliphatic carbocycles. The van der Waals surface area contributed by atoms with E-state index in [2.05, 4.69) is 26.3 Å². The van der Waals surface area contributed by atoms with Gasteiger partial charge in [0.15, 0.2) is 0 Å². The van der Waals surface area contributed by atoms with Crippen LogP contribution < -0.4 is 27.0 Å². The Labute approximate surface area is 282 Å². The molecule has 0 bridgehead atoms. The number of hydrogen-bond donors (Lipinski definition) is 6. The summed E-state index contributed by atoms with van der Waals surface area (Å²) in [7, 11) is 0. The van der Waals surface area contributed by atoms with Gasteiger partial charge in [0.2, 0.25) is 11.8 Å². The first-order chi connectivity index (χ1) is 22.6. The molecule has 0 radical (unpaired) electrons. The fourth-order valence-electron chi connectivity index (χ4n) is 6.07. The quantitative estimate of drug-likeness (QED) is 0.112. The van der Waals surface area contributed by atoms with E-state index in [-0.39, 0.29) is 48.1 Å². The summed E-state index contributed by atoms with van der Waals surface area (Å²) in [5, 5.41) is 11.5. The van der Waals surface area contributed by atoms with Crippen molar-refractivity contribution in [2.45, 2.75) is 90.1 Å². The van der Waals surface area contributed by atoms with Crippen molar-refractivity contribution in [2.24, 2.45) is 17.6 Å². The lowest BCUT2D eigenvalue weighted by molar-refractivity contribution is -0.136. The summed E-state index contributed by atoms with van der Waals surface area (Å²) in [4.78, 5) is 44.3. The van der Waals surface area contributed by atoms with Gasteiger partial charge in [-0.1, -0.05) is 77.0 Å². The molecule has 4 amide bonds. The third-order valence-corrected chi connectivity index (χ3v) is 9.62. The molecule has 0 aliphatic heterocycles. The zero-order valence-electron chi connectivity index (χ0n) is 27.3. The van der Waals surface area contributed by atoms with Crippen LogP contribution in [0.3, 0.4) is 0 Å². The van der Waals surface area contributed by atoms with Gasteiger partial charge in [0.25, 0.3) is 0 Å². The number of carbonyl (C=O) groups excluding carboxylic acids is 3. The third kappa shape index (κ3) is 8.08. The first kappa shape index (κ1) is 36.6. The second-order valence-electron chi connectivity index (χ2n) is 12.6. The van der Waals surface area contributed by atoms with E-state index in [0.717, 1.165) is 6.07 Å². The smallest absolute Gasteiger partial charge is 0.392 e. The summed E-state index contributed by atoms with van der Waals surface area (Å²) in [6.07, 6.45) is -3.37. The number of urea groups is 1. The summed E-state index contributed by atoms with van der Waals surface area (Å²) < 4.78 is 55.0. The largest absolute Gasteiger partial charge is 0.418 e. The van der Waals surface area contributed by atoms with Crippen molar-refractivity contribution in [3.63, 3.8) is 0 Å². The summed E-state index contributed by atoms with van der Waals surface area (Å²) >= 11 is 5.26. The highest BCUT2D eigenvalue weighted by atomic mass is 32.1. The van der Waals surface area contributed by atoms with Gasteiger partial charge in [0.05, 0.1) is 22.1 Å². The molecular weight excluding hydrogens is 648 g/mol. The molecular formula is C34H42F4N6O3S. The van der Waals surface area contributed by atoms with Crippen molar-refractivity contribution in [3.05, 3.63) is 70.7 Å². The van der Waals surface area contributed by atoms with Gasteiger partial charge in [-0.2, -0.15) is 13.2 Å². The molecule has 14 heteroatoms. The van der Waals surface area contributed by atoms with Gasteiger partial charge in [-0.05, 0) is 54.0 Å². The fourth-order valence-corrected chi connectivity index (χ4v) is 6.36. The zero-order valence-corrected chi connectivity index (χ0v) is 28.1. The van der Waals surface area contributed by atoms with E-state index in [9.17, 15) is 31.9 Å². The van der Waals surface area contributed by atoms with Crippen LogP contribution in [0, 0.1) is 17.7 Å². The number of para-hydroxylation sites is 1. The van der Waals surface area contributed by atoms with E-state index in [4.69, 9.17) is 18.0 Å². The highest BCUT2D eigenvalue weighted by molar-refractivity contribution is 7.80. The van der Waals surface area contributed by atoms with Gasteiger partial charge in [0.1, 0.15) is 17.4 Å².